The molecule has 0 radical (unpaired) electrons. The summed E-state index contributed by atoms with van der Waals surface area (Å²) in [6.07, 6.45) is 0. The smallest absolute Gasteiger partial charge is 0.289 e. The van der Waals surface area contributed by atoms with Crippen molar-refractivity contribution in [3.8, 4) is 0 Å². The molecule has 0 aromatic heterocycles. The zero-order valence-electron chi connectivity index (χ0n) is 23.2. The summed E-state index contributed by atoms with van der Waals surface area (Å²) < 4.78 is 127. The molecule has 16 nitrogen and oxygen atoms in total. The van der Waals surface area contributed by atoms with Crippen LogP contribution in [-0.4, -0.2) is 75.0 Å². The van der Waals surface area contributed by atoms with E-state index in [0.29, 0.717) is 0 Å². The van der Waals surface area contributed by atoms with E-state index in [4.69, 9.17) is 9.11 Å². The molecule has 20 heteroatoms. The standard InChI is InChI=1S/2C14H8O8S2/c15-13-9-3-1-7(23(17,18)19)5-11(9)14(16)10-4-2-8(6-12(10)13)24(20,21)22;15-13-7-3-1-5-9(23(17,18)19)11(7)14(16)12-8(13)4-2-6-10(12)24(20,21)22/h2*1-6H,(H,17,18,19)(H,20,21,22). The Bertz CT molecular complexity index is 2440. The van der Waals surface area contributed by atoms with Crippen LogP contribution in [0.15, 0.2) is 92.4 Å². The molecule has 0 unspecified atom stereocenters. The third-order valence-corrected chi connectivity index (χ3v) is 10.6. The van der Waals surface area contributed by atoms with Crippen LogP contribution in [0.4, 0.5) is 0 Å². The lowest BCUT2D eigenvalue weighted by Crippen LogP contribution is -2.25. The lowest BCUT2D eigenvalue weighted by Gasteiger charge is -2.20. The van der Waals surface area contributed by atoms with Gasteiger partial charge in [0.1, 0.15) is 9.79 Å². The van der Waals surface area contributed by atoms with Gasteiger partial charge in [-0.25, -0.2) is 0 Å². The molecule has 0 heterocycles. The summed E-state index contributed by atoms with van der Waals surface area (Å²) in [5.41, 5.74) is -2.53. The quantitative estimate of drug-likeness (QED) is 0.188. The van der Waals surface area contributed by atoms with Crippen LogP contribution in [0.3, 0.4) is 0 Å². The molecule has 0 fully saturated rings. The minimum Gasteiger partial charge on any atom is -0.289 e. The molecule has 0 saturated heterocycles. The molecule has 248 valence electrons. The van der Waals surface area contributed by atoms with Crippen molar-refractivity contribution in [1.29, 1.82) is 0 Å². The molecule has 6 rings (SSSR count). The Morgan fingerprint density at radius 2 is 0.688 bits per heavy atom. The summed E-state index contributed by atoms with van der Waals surface area (Å²) in [6, 6.07) is 12.3. The second kappa shape index (κ2) is 11.4. The fourth-order valence-corrected chi connectivity index (χ4v) is 7.47. The Morgan fingerprint density at radius 1 is 0.354 bits per heavy atom. The first-order valence-electron chi connectivity index (χ1n) is 12.7. The summed E-state index contributed by atoms with van der Waals surface area (Å²) in [7, 11) is -18.8. The molecule has 4 N–H and O–H groups in total. The average Bonchev–Trinajstić information content (AvgIpc) is 2.99. The van der Waals surface area contributed by atoms with Crippen LogP contribution in [0.25, 0.3) is 0 Å². The SMILES string of the molecule is O=C1c2ccc(S(=O)(=O)O)cc2C(=O)c2ccc(S(=O)(=O)O)cc21.O=C1c2cccc(S(=O)(=O)O)c2C(=O)c2c1cccc2S(=O)(=O)O. The van der Waals surface area contributed by atoms with Gasteiger partial charge in [-0.1, -0.05) is 24.3 Å². The summed E-state index contributed by atoms with van der Waals surface area (Å²) in [5, 5.41) is 0. The molecule has 0 bridgehead atoms. The monoisotopic (exact) mass is 736 g/mol. The minimum atomic E-state index is -4.84. The highest BCUT2D eigenvalue weighted by Crippen LogP contribution is 2.35. The molecular formula is C28H16O16S4. The predicted molar refractivity (Wildman–Crippen MR) is 159 cm³/mol. The summed E-state index contributed by atoms with van der Waals surface area (Å²) in [4.78, 5) is 47.4. The van der Waals surface area contributed by atoms with Crippen molar-refractivity contribution in [2.75, 3.05) is 0 Å². The fraction of sp³-hybridized carbons (Fsp3) is 0. The number of rotatable bonds is 4. The average molecular weight is 737 g/mol. The van der Waals surface area contributed by atoms with Gasteiger partial charge < -0.3 is 0 Å². The van der Waals surface area contributed by atoms with E-state index in [1.807, 2.05) is 0 Å². The Hall–Kier alpha value is -4.80. The zero-order chi connectivity index (χ0) is 35.7. The van der Waals surface area contributed by atoms with E-state index in [0.717, 1.165) is 48.5 Å². The molecule has 0 amide bonds. The number of hydrogen-bond donors (Lipinski definition) is 4. The van der Waals surface area contributed by atoms with E-state index in [2.05, 4.69) is 0 Å². The number of hydrogen-bond acceptors (Lipinski definition) is 12. The van der Waals surface area contributed by atoms with Crippen LogP contribution >= 0.6 is 0 Å². The topological polar surface area (TPSA) is 286 Å². The Kier molecular flexibility index (Phi) is 8.22. The van der Waals surface area contributed by atoms with E-state index in [-0.39, 0.29) is 33.4 Å². The highest BCUT2D eigenvalue weighted by atomic mass is 32.2. The molecule has 0 atom stereocenters. The van der Waals surface area contributed by atoms with Gasteiger partial charge in [-0.3, -0.25) is 37.4 Å². The van der Waals surface area contributed by atoms with E-state index in [9.17, 15) is 62.0 Å². The number of ketones is 4. The van der Waals surface area contributed by atoms with Crippen molar-refractivity contribution in [2.45, 2.75) is 19.6 Å². The van der Waals surface area contributed by atoms with Crippen molar-refractivity contribution in [3.63, 3.8) is 0 Å². The Labute approximate surface area is 270 Å². The van der Waals surface area contributed by atoms with Crippen LogP contribution in [0.1, 0.15) is 63.7 Å². The van der Waals surface area contributed by atoms with Crippen LogP contribution in [0.2, 0.25) is 0 Å². The molecule has 2 aliphatic carbocycles. The van der Waals surface area contributed by atoms with E-state index in [1.165, 1.54) is 24.3 Å². The van der Waals surface area contributed by atoms with E-state index in [1.54, 1.807) is 0 Å². The van der Waals surface area contributed by atoms with Gasteiger partial charge in [0.15, 0.2) is 23.1 Å². The summed E-state index contributed by atoms with van der Waals surface area (Å²) in [5.74, 6) is -3.30. The van der Waals surface area contributed by atoms with Crippen molar-refractivity contribution in [3.05, 3.63) is 117 Å². The minimum absolute atomic E-state index is 0.132. The van der Waals surface area contributed by atoms with Gasteiger partial charge in [0, 0.05) is 33.4 Å². The first-order valence-corrected chi connectivity index (χ1v) is 18.4. The first kappa shape index (κ1) is 34.5. The number of benzene rings is 4. The van der Waals surface area contributed by atoms with Gasteiger partial charge in [-0.05, 0) is 48.5 Å². The van der Waals surface area contributed by atoms with Gasteiger partial charge in [-0.2, -0.15) is 33.7 Å². The van der Waals surface area contributed by atoms with Gasteiger partial charge >= 0.3 is 0 Å². The molecular weight excluding hydrogens is 721 g/mol. The van der Waals surface area contributed by atoms with Crippen LogP contribution in [-0.2, 0) is 40.5 Å². The lowest BCUT2D eigenvalue weighted by molar-refractivity contribution is 0.0974. The van der Waals surface area contributed by atoms with Crippen molar-refractivity contribution >= 4 is 63.6 Å². The third kappa shape index (κ3) is 6.02. The zero-order valence-corrected chi connectivity index (χ0v) is 26.5. The molecule has 2 aliphatic rings. The molecule has 48 heavy (non-hydrogen) atoms. The second-order valence-corrected chi connectivity index (χ2v) is 15.6. The molecule has 4 aromatic carbocycles. The maximum absolute atomic E-state index is 12.7. The Morgan fingerprint density at radius 3 is 1.00 bits per heavy atom. The molecule has 4 aromatic rings. The van der Waals surface area contributed by atoms with E-state index < -0.39 is 94.3 Å². The van der Waals surface area contributed by atoms with Gasteiger partial charge in [0.2, 0.25) is 0 Å². The van der Waals surface area contributed by atoms with Crippen molar-refractivity contribution in [1.82, 2.24) is 0 Å². The maximum atomic E-state index is 12.7. The highest BCUT2D eigenvalue weighted by Gasteiger charge is 2.38. The summed E-state index contributed by atoms with van der Waals surface area (Å²) >= 11 is 0. The maximum Gasteiger partial charge on any atom is 0.295 e. The number of fused-ring (bicyclic) bond motifs is 4. The van der Waals surface area contributed by atoms with Crippen molar-refractivity contribution < 1.29 is 71.1 Å². The normalized spacial score (nSPS) is 14.2. The van der Waals surface area contributed by atoms with Gasteiger partial charge in [-0.15, -0.1) is 0 Å². The number of carbonyl (C=O) groups is 4. The van der Waals surface area contributed by atoms with Crippen molar-refractivity contribution in [2.24, 2.45) is 0 Å². The van der Waals surface area contributed by atoms with E-state index >= 15 is 0 Å². The predicted octanol–water partition coefficient (Wildman–Crippen LogP) is 1.91. The van der Waals surface area contributed by atoms with Gasteiger partial charge in [0.25, 0.3) is 40.5 Å². The summed E-state index contributed by atoms with van der Waals surface area (Å²) in [6.45, 7) is 0. The van der Waals surface area contributed by atoms with Crippen LogP contribution < -0.4 is 0 Å². The molecule has 0 saturated carbocycles. The van der Waals surface area contributed by atoms with Crippen LogP contribution in [0.5, 0.6) is 0 Å². The molecule has 0 spiro atoms. The van der Waals surface area contributed by atoms with Crippen LogP contribution in [0, 0.1) is 0 Å². The Balaban J connectivity index is 0.000000188. The number of carbonyl (C=O) groups excluding carboxylic acids is 4. The third-order valence-electron chi connectivity index (χ3n) is 7.11. The molecule has 0 aliphatic heterocycles. The second-order valence-electron chi connectivity index (χ2n) is 9.99. The fourth-order valence-electron chi connectivity index (χ4n) is 5.04. The van der Waals surface area contributed by atoms with Gasteiger partial charge in [0.05, 0.1) is 20.9 Å². The first-order chi connectivity index (χ1) is 22.0. The highest BCUT2D eigenvalue weighted by molar-refractivity contribution is 7.86. The lowest BCUT2D eigenvalue weighted by atomic mass is 9.84. The largest absolute Gasteiger partial charge is 0.295 e.